The molecule has 12 heteroatoms. The molecule has 0 saturated heterocycles. The first-order chi connectivity index (χ1) is 10.8. The van der Waals surface area contributed by atoms with Crippen molar-refractivity contribution in [3.05, 3.63) is 29.3 Å². The fraction of sp³-hybridized carbons (Fsp3) is 0.0909. The van der Waals surface area contributed by atoms with Gasteiger partial charge in [0.05, 0.1) is 5.69 Å². The normalized spacial score (nSPS) is 12.1. The minimum Gasteiger partial charge on any atom is -0.381 e. The summed E-state index contributed by atoms with van der Waals surface area (Å²) in [5.41, 5.74) is 17.5. The molecule has 122 valence electrons. The van der Waals surface area contributed by atoms with Crippen LogP contribution >= 0.6 is 11.3 Å². The Bertz CT molecular complexity index is 868. The van der Waals surface area contributed by atoms with E-state index in [1.165, 1.54) is 24.5 Å². The molecule has 0 unspecified atom stereocenters. The summed E-state index contributed by atoms with van der Waals surface area (Å²) in [6.07, 6.45) is 0. The maximum atomic E-state index is 11.4. The van der Waals surface area contributed by atoms with E-state index in [1.54, 1.807) is 17.5 Å². The summed E-state index contributed by atoms with van der Waals surface area (Å²) in [6.45, 7) is 0. The van der Waals surface area contributed by atoms with Gasteiger partial charge in [-0.05, 0) is 12.1 Å². The number of nitrogens with zero attached hydrogens (tertiary/aromatic N) is 4. The van der Waals surface area contributed by atoms with Gasteiger partial charge >= 0.3 is 10.2 Å². The van der Waals surface area contributed by atoms with Crippen molar-refractivity contribution in [2.45, 2.75) is 0 Å². The standard InChI is InChI=1S/C11H14N8O2S2/c1-15-23(20,21)19-9(12)7-4-2-3-6(16-7)8-5-22-11(17-8)18-10(13)14/h2-5,15H,1H3,(H2,12,19)(H4,13,14,17,18). The Labute approximate surface area is 136 Å². The maximum Gasteiger partial charge on any atom is 0.321 e. The van der Waals surface area contributed by atoms with Gasteiger partial charge in [0, 0.05) is 12.4 Å². The molecular weight excluding hydrogens is 340 g/mol. The molecule has 0 spiro atoms. The SMILES string of the molecule is CNS(=O)(=O)N=C(N)c1cccc(-c2csc(N=C(N)N)n2)n1. The summed E-state index contributed by atoms with van der Waals surface area (Å²) in [6, 6.07) is 4.89. The summed E-state index contributed by atoms with van der Waals surface area (Å²) in [4.78, 5) is 12.3. The summed E-state index contributed by atoms with van der Waals surface area (Å²) < 4.78 is 28.2. The van der Waals surface area contributed by atoms with Crippen molar-refractivity contribution < 1.29 is 8.42 Å². The van der Waals surface area contributed by atoms with Gasteiger partial charge in [-0.1, -0.05) is 6.07 Å². The van der Waals surface area contributed by atoms with Crippen molar-refractivity contribution in [1.29, 1.82) is 0 Å². The highest BCUT2D eigenvalue weighted by Crippen LogP contribution is 2.25. The van der Waals surface area contributed by atoms with Crippen molar-refractivity contribution in [2.24, 2.45) is 26.6 Å². The number of nitrogens with one attached hydrogen (secondary N) is 1. The molecule has 7 N–H and O–H groups in total. The number of aromatic nitrogens is 2. The van der Waals surface area contributed by atoms with Gasteiger partial charge in [-0.3, -0.25) is 0 Å². The Hall–Kier alpha value is -2.57. The zero-order valence-corrected chi connectivity index (χ0v) is 13.6. The maximum absolute atomic E-state index is 11.4. The fourth-order valence-electron chi connectivity index (χ4n) is 1.49. The number of guanidine groups is 1. The minimum atomic E-state index is -3.84. The van der Waals surface area contributed by atoms with Crippen LogP contribution in [0.25, 0.3) is 11.4 Å². The van der Waals surface area contributed by atoms with Crippen LogP contribution in [0, 0.1) is 0 Å². The fourth-order valence-corrected chi connectivity index (χ4v) is 2.63. The third kappa shape index (κ3) is 4.45. The van der Waals surface area contributed by atoms with Gasteiger partial charge in [-0.25, -0.2) is 9.97 Å². The third-order valence-electron chi connectivity index (χ3n) is 2.47. The van der Waals surface area contributed by atoms with E-state index in [-0.39, 0.29) is 17.5 Å². The molecule has 10 nitrogen and oxygen atoms in total. The van der Waals surface area contributed by atoms with Gasteiger partial charge < -0.3 is 17.2 Å². The summed E-state index contributed by atoms with van der Waals surface area (Å²) in [7, 11) is -2.61. The van der Waals surface area contributed by atoms with Crippen molar-refractivity contribution in [2.75, 3.05) is 7.05 Å². The summed E-state index contributed by atoms with van der Waals surface area (Å²) in [5, 5.41) is 2.09. The lowest BCUT2D eigenvalue weighted by Crippen LogP contribution is -2.23. The highest BCUT2D eigenvalue weighted by molar-refractivity contribution is 7.88. The summed E-state index contributed by atoms with van der Waals surface area (Å²) in [5.74, 6) is -0.331. The van der Waals surface area contributed by atoms with Gasteiger partial charge in [0.1, 0.15) is 11.4 Å². The van der Waals surface area contributed by atoms with Gasteiger partial charge in [-0.2, -0.15) is 18.1 Å². The van der Waals surface area contributed by atoms with Crippen LogP contribution < -0.4 is 21.9 Å². The van der Waals surface area contributed by atoms with Gasteiger partial charge in [0.25, 0.3) is 0 Å². The number of nitrogens with two attached hydrogens (primary N) is 3. The smallest absolute Gasteiger partial charge is 0.321 e. The molecule has 0 fully saturated rings. The number of aliphatic imine (C=N–C) groups is 1. The molecule has 0 aliphatic carbocycles. The molecule has 0 atom stereocenters. The molecule has 2 aromatic rings. The lowest BCUT2D eigenvalue weighted by atomic mass is 10.2. The lowest BCUT2D eigenvalue weighted by Gasteiger charge is -2.02. The number of thiazole rings is 1. The Morgan fingerprint density at radius 3 is 2.61 bits per heavy atom. The van der Waals surface area contributed by atoms with Gasteiger partial charge in [0.2, 0.25) is 5.13 Å². The quantitative estimate of drug-likeness (QED) is 0.404. The van der Waals surface area contributed by atoms with E-state index in [2.05, 4.69) is 19.4 Å². The van der Waals surface area contributed by atoms with Gasteiger partial charge in [0.15, 0.2) is 11.8 Å². The van der Waals surface area contributed by atoms with E-state index in [0.717, 1.165) is 0 Å². The molecule has 0 aromatic carbocycles. The first kappa shape index (κ1) is 16.8. The van der Waals surface area contributed by atoms with Crippen LogP contribution in [0.4, 0.5) is 5.13 Å². The van der Waals surface area contributed by atoms with Crippen molar-refractivity contribution in [3.63, 3.8) is 0 Å². The average Bonchev–Trinajstić information content (AvgIpc) is 2.94. The van der Waals surface area contributed by atoms with Gasteiger partial charge in [-0.15, -0.1) is 15.7 Å². The molecule has 0 radical (unpaired) electrons. The second kappa shape index (κ2) is 6.68. The van der Waals surface area contributed by atoms with Crippen LogP contribution in [0.3, 0.4) is 0 Å². The lowest BCUT2D eigenvalue weighted by molar-refractivity contribution is 0.590. The van der Waals surface area contributed by atoms with Crippen molar-refractivity contribution in [3.8, 4) is 11.4 Å². The third-order valence-corrected chi connectivity index (χ3v) is 4.15. The largest absolute Gasteiger partial charge is 0.381 e. The molecule has 2 rings (SSSR count). The number of hydrogen-bond donors (Lipinski definition) is 4. The zero-order chi connectivity index (χ0) is 17.0. The van der Waals surface area contributed by atoms with E-state index in [9.17, 15) is 8.42 Å². The van der Waals surface area contributed by atoms with Crippen LogP contribution in [0.1, 0.15) is 5.69 Å². The number of rotatable bonds is 5. The number of pyridine rings is 1. The molecule has 2 heterocycles. The minimum absolute atomic E-state index is 0.0961. The van der Waals surface area contributed by atoms with E-state index < -0.39 is 10.2 Å². The van der Waals surface area contributed by atoms with Crippen LogP contribution in [0.15, 0.2) is 33.0 Å². The molecule has 0 aliphatic heterocycles. The Kier molecular flexibility index (Phi) is 4.88. The second-order valence-corrected chi connectivity index (χ2v) is 6.49. The second-order valence-electron chi connectivity index (χ2n) is 4.12. The van der Waals surface area contributed by atoms with E-state index in [0.29, 0.717) is 16.5 Å². The number of hydrogen-bond acceptors (Lipinski definition) is 6. The molecular formula is C11H14N8O2S2. The average molecular weight is 354 g/mol. The molecule has 2 aromatic heterocycles. The van der Waals surface area contributed by atoms with Crippen molar-refractivity contribution in [1.82, 2.24) is 14.7 Å². The van der Waals surface area contributed by atoms with E-state index in [4.69, 9.17) is 17.2 Å². The van der Waals surface area contributed by atoms with Crippen LogP contribution in [-0.2, 0) is 10.2 Å². The van der Waals surface area contributed by atoms with Crippen LogP contribution in [-0.4, -0.2) is 37.2 Å². The van der Waals surface area contributed by atoms with Crippen molar-refractivity contribution >= 4 is 38.5 Å². The molecule has 23 heavy (non-hydrogen) atoms. The molecule has 0 saturated carbocycles. The van der Waals surface area contributed by atoms with E-state index in [1.807, 2.05) is 4.72 Å². The Balaban J connectivity index is 2.37. The first-order valence-electron chi connectivity index (χ1n) is 6.12. The predicted octanol–water partition coefficient (Wildman–Crippen LogP) is -0.720. The highest BCUT2D eigenvalue weighted by atomic mass is 32.2. The highest BCUT2D eigenvalue weighted by Gasteiger charge is 2.11. The molecule has 0 aliphatic rings. The first-order valence-corrected chi connectivity index (χ1v) is 8.44. The topological polar surface area (TPSA) is 175 Å². The number of amidine groups is 1. The van der Waals surface area contributed by atoms with Crippen LogP contribution in [0.2, 0.25) is 0 Å². The molecule has 0 bridgehead atoms. The van der Waals surface area contributed by atoms with Crippen LogP contribution in [0.5, 0.6) is 0 Å². The summed E-state index contributed by atoms with van der Waals surface area (Å²) >= 11 is 1.23. The molecule has 0 amide bonds. The Morgan fingerprint density at radius 2 is 1.96 bits per heavy atom. The van der Waals surface area contributed by atoms with E-state index >= 15 is 0 Å². The zero-order valence-electron chi connectivity index (χ0n) is 12.0. The predicted molar refractivity (Wildman–Crippen MR) is 89.5 cm³/mol. The Morgan fingerprint density at radius 1 is 1.22 bits per heavy atom. The monoisotopic (exact) mass is 354 g/mol.